The highest BCUT2D eigenvalue weighted by atomic mass is 32.2. The zero-order chi connectivity index (χ0) is 16.2. The van der Waals surface area contributed by atoms with Crippen LogP contribution in [0.2, 0.25) is 0 Å². The summed E-state index contributed by atoms with van der Waals surface area (Å²) in [6.07, 6.45) is 0.580. The molecule has 1 aromatic heterocycles. The van der Waals surface area contributed by atoms with Gasteiger partial charge in [-0.3, -0.25) is 4.79 Å². The van der Waals surface area contributed by atoms with Crippen molar-refractivity contribution in [1.82, 2.24) is 14.9 Å². The Bertz CT molecular complexity index is 754. The summed E-state index contributed by atoms with van der Waals surface area (Å²) in [5.41, 5.74) is 2.20. The van der Waals surface area contributed by atoms with E-state index in [4.69, 9.17) is 0 Å². The second-order valence-electron chi connectivity index (χ2n) is 4.69. The van der Waals surface area contributed by atoms with Gasteiger partial charge >= 0.3 is 0 Å². The van der Waals surface area contributed by atoms with E-state index in [0.29, 0.717) is 6.42 Å². The molecule has 2 aromatic rings. The Morgan fingerprint density at radius 1 is 1.23 bits per heavy atom. The van der Waals surface area contributed by atoms with Gasteiger partial charge in [-0.2, -0.15) is 0 Å². The molecule has 1 amide bonds. The number of nitrogens with zero attached hydrogens (tertiary/aromatic N) is 2. The van der Waals surface area contributed by atoms with E-state index in [-0.39, 0.29) is 21.9 Å². The maximum absolute atomic E-state index is 12.1. The molecule has 2 N–H and O–H groups in total. The zero-order valence-corrected chi connectivity index (χ0v) is 13.8. The summed E-state index contributed by atoms with van der Waals surface area (Å²) in [5.74, 6) is -0.326. The normalized spacial score (nSPS) is 11.4. The predicted molar refractivity (Wildman–Crippen MR) is 84.3 cm³/mol. The van der Waals surface area contributed by atoms with E-state index in [1.807, 2.05) is 31.2 Å². The largest absolute Gasteiger partial charge is 0.301 e. The summed E-state index contributed by atoms with van der Waals surface area (Å²) in [6, 6.07) is 7.88. The van der Waals surface area contributed by atoms with Gasteiger partial charge < -0.3 is 5.32 Å². The number of nitrogens with one attached hydrogen (secondary N) is 2. The minimum atomic E-state index is -3.71. The molecule has 0 atom stereocenters. The highest BCUT2D eigenvalue weighted by Crippen LogP contribution is 2.19. The van der Waals surface area contributed by atoms with Crippen molar-refractivity contribution in [3.63, 3.8) is 0 Å². The third-order valence-corrected chi connectivity index (χ3v) is 5.41. The molecule has 0 saturated heterocycles. The molecule has 7 nitrogen and oxygen atoms in total. The summed E-state index contributed by atoms with van der Waals surface area (Å²) >= 11 is 0.812. The van der Waals surface area contributed by atoms with Crippen LogP contribution in [0.15, 0.2) is 28.6 Å². The lowest BCUT2D eigenvalue weighted by atomic mass is 10.1. The molecule has 22 heavy (non-hydrogen) atoms. The lowest BCUT2D eigenvalue weighted by Crippen LogP contribution is -2.25. The van der Waals surface area contributed by atoms with Crippen molar-refractivity contribution in [1.29, 1.82) is 0 Å². The quantitative estimate of drug-likeness (QED) is 0.773. The first-order valence-electron chi connectivity index (χ1n) is 6.53. The fourth-order valence-corrected chi connectivity index (χ4v) is 3.68. The Morgan fingerprint density at radius 3 is 2.55 bits per heavy atom. The van der Waals surface area contributed by atoms with E-state index in [1.165, 1.54) is 6.92 Å². The number of carbonyl (C=O) groups excluding carboxylic acids is 1. The van der Waals surface area contributed by atoms with Crippen molar-refractivity contribution < 1.29 is 13.2 Å². The van der Waals surface area contributed by atoms with Crippen LogP contribution in [-0.2, 0) is 21.2 Å². The first-order valence-corrected chi connectivity index (χ1v) is 8.83. The Morgan fingerprint density at radius 2 is 1.91 bits per heavy atom. The molecule has 118 valence electrons. The summed E-state index contributed by atoms with van der Waals surface area (Å²) in [6.45, 7) is 3.57. The summed E-state index contributed by atoms with van der Waals surface area (Å²) < 4.78 is 26.4. The van der Waals surface area contributed by atoms with Gasteiger partial charge in [0.15, 0.2) is 0 Å². The first-order chi connectivity index (χ1) is 10.4. The molecule has 9 heteroatoms. The third-order valence-electron chi connectivity index (χ3n) is 2.75. The van der Waals surface area contributed by atoms with Crippen molar-refractivity contribution in [2.24, 2.45) is 0 Å². The van der Waals surface area contributed by atoms with Crippen molar-refractivity contribution in [3.05, 3.63) is 35.4 Å². The summed E-state index contributed by atoms with van der Waals surface area (Å²) in [4.78, 5) is 10.9. The van der Waals surface area contributed by atoms with Gasteiger partial charge in [0, 0.05) is 13.5 Å². The highest BCUT2D eigenvalue weighted by molar-refractivity contribution is 7.91. The number of sulfonamides is 1. The Balaban J connectivity index is 1.94. The number of aromatic nitrogens is 2. The standard InChI is InChI=1S/C13H16N4O3S2/c1-9-3-5-11(6-4-9)7-8-14-22(19,20)13-17-16-12(21-13)15-10(2)18/h3-6,14H,7-8H2,1-2H3,(H,15,16,18). The molecule has 0 fully saturated rings. The van der Waals surface area contributed by atoms with Gasteiger partial charge in [0.1, 0.15) is 0 Å². The van der Waals surface area contributed by atoms with Crippen LogP contribution in [0, 0.1) is 6.92 Å². The van der Waals surface area contributed by atoms with E-state index < -0.39 is 10.0 Å². The number of hydrogen-bond donors (Lipinski definition) is 2. The number of carbonyl (C=O) groups is 1. The number of rotatable bonds is 6. The van der Waals surface area contributed by atoms with Crippen molar-refractivity contribution in [2.45, 2.75) is 24.6 Å². The minimum Gasteiger partial charge on any atom is -0.301 e. The number of hydrogen-bond acceptors (Lipinski definition) is 6. The number of benzene rings is 1. The molecular formula is C13H16N4O3S2. The van der Waals surface area contributed by atoms with Crippen LogP contribution in [0.3, 0.4) is 0 Å². The van der Waals surface area contributed by atoms with E-state index >= 15 is 0 Å². The van der Waals surface area contributed by atoms with Gasteiger partial charge in [0.05, 0.1) is 0 Å². The Hall–Kier alpha value is -1.84. The number of aryl methyl sites for hydroxylation is 1. The van der Waals surface area contributed by atoms with Gasteiger partial charge in [-0.05, 0) is 18.9 Å². The van der Waals surface area contributed by atoms with Gasteiger partial charge in [-0.25, -0.2) is 13.1 Å². The van der Waals surface area contributed by atoms with Crippen LogP contribution in [-0.4, -0.2) is 31.1 Å². The average molecular weight is 340 g/mol. The zero-order valence-electron chi connectivity index (χ0n) is 12.2. The molecule has 0 aliphatic heterocycles. The second kappa shape index (κ2) is 6.95. The topological polar surface area (TPSA) is 101 Å². The predicted octanol–water partition coefficient (Wildman–Crippen LogP) is 1.33. The van der Waals surface area contributed by atoms with Crippen LogP contribution in [0.4, 0.5) is 5.13 Å². The van der Waals surface area contributed by atoms with Gasteiger partial charge in [-0.15, -0.1) is 10.2 Å². The second-order valence-corrected chi connectivity index (χ2v) is 7.61. The van der Waals surface area contributed by atoms with Crippen molar-refractivity contribution in [2.75, 3.05) is 11.9 Å². The molecule has 0 bridgehead atoms. The molecule has 1 aromatic carbocycles. The van der Waals surface area contributed by atoms with Gasteiger partial charge in [0.25, 0.3) is 10.0 Å². The van der Waals surface area contributed by atoms with Gasteiger partial charge in [0.2, 0.25) is 15.4 Å². The molecule has 0 radical (unpaired) electrons. The first kappa shape index (κ1) is 16.5. The van der Waals surface area contributed by atoms with Crippen molar-refractivity contribution >= 4 is 32.4 Å². The van der Waals surface area contributed by atoms with Crippen LogP contribution in [0.25, 0.3) is 0 Å². The fraction of sp³-hybridized carbons (Fsp3) is 0.308. The average Bonchev–Trinajstić information content (AvgIpc) is 2.89. The Labute approximate surface area is 132 Å². The van der Waals surface area contributed by atoms with Crippen LogP contribution >= 0.6 is 11.3 Å². The molecule has 2 rings (SSSR count). The number of anilines is 1. The van der Waals surface area contributed by atoms with Crippen LogP contribution in [0.5, 0.6) is 0 Å². The lowest BCUT2D eigenvalue weighted by Gasteiger charge is -2.04. The van der Waals surface area contributed by atoms with E-state index in [9.17, 15) is 13.2 Å². The highest BCUT2D eigenvalue weighted by Gasteiger charge is 2.19. The molecule has 0 saturated carbocycles. The fourth-order valence-electron chi connectivity index (χ4n) is 1.67. The summed E-state index contributed by atoms with van der Waals surface area (Å²) in [5, 5.41) is 9.75. The molecular weight excluding hydrogens is 324 g/mol. The minimum absolute atomic E-state index is 0.159. The summed E-state index contributed by atoms with van der Waals surface area (Å²) in [7, 11) is -3.71. The SMILES string of the molecule is CC(=O)Nc1nnc(S(=O)(=O)NCCc2ccc(C)cc2)s1. The monoisotopic (exact) mass is 340 g/mol. The van der Waals surface area contributed by atoms with Crippen molar-refractivity contribution in [3.8, 4) is 0 Å². The molecule has 0 aliphatic rings. The van der Waals surface area contributed by atoms with Crippen LogP contribution < -0.4 is 10.0 Å². The maximum Gasteiger partial charge on any atom is 0.269 e. The van der Waals surface area contributed by atoms with Gasteiger partial charge in [-0.1, -0.05) is 41.2 Å². The van der Waals surface area contributed by atoms with Crippen LogP contribution in [0.1, 0.15) is 18.1 Å². The third kappa shape index (κ3) is 4.58. The molecule has 0 spiro atoms. The maximum atomic E-state index is 12.1. The van der Waals surface area contributed by atoms with E-state index in [2.05, 4.69) is 20.2 Å². The molecule has 1 heterocycles. The Kier molecular flexibility index (Phi) is 5.22. The van der Waals surface area contributed by atoms with E-state index in [0.717, 1.165) is 22.5 Å². The number of amides is 1. The lowest BCUT2D eigenvalue weighted by molar-refractivity contribution is -0.114. The molecule has 0 unspecified atom stereocenters. The molecule has 0 aliphatic carbocycles. The smallest absolute Gasteiger partial charge is 0.269 e. The van der Waals surface area contributed by atoms with E-state index in [1.54, 1.807) is 0 Å².